The molecule has 110 valence electrons. The lowest BCUT2D eigenvalue weighted by atomic mass is 10.1. The van der Waals surface area contributed by atoms with Crippen molar-refractivity contribution in [2.75, 3.05) is 5.32 Å². The van der Waals surface area contributed by atoms with Gasteiger partial charge in [0.2, 0.25) is 0 Å². The van der Waals surface area contributed by atoms with Gasteiger partial charge in [0.15, 0.2) is 0 Å². The molecule has 0 spiro atoms. The highest BCUT2D eigenvalue weighted by atomic mass is 35.5. The molecule has 1 heterocycles. The molecule has 1 aromatic heterocycles. The van der Waals surface area contributed by atoms with Crippen molar-refractivity contribution in [3.63, 3.8) is 0 Å². The van der Waals surface area contributed by atoms with Crippen molar-refractivity contribution < 1.29 is 14.7 Å². The van der Waals surface area contributed by atoms with Crippen LogP contribution in [0.1, 0.15) is 45.5 Å². The average Bonchev–Trinajstić information content (AvgIpc) is 2.90. The number of nitrogens with one attached hydrogen (secondary N) is 1. The Bertz CT molecular complexity index is 700. The minimum atomic E-state index is -1.09. The molecule has 0 bridgehead atoms. The van der Waals surface area contributed by atoms with Crippen molar-refractivity contribution in [2.45, 2.75) is 19.8 Å². The quantitative estimate of drug-likeness (QED) is 0.900. The summed E-state index contributed by atoms with van der Waals surface area (Å²) in [7, 11) is 0. The second-order valence-corrected chi connectivity index (χ2v) is 5.76. The van der Waals surface area contributed by atoms with Crippen LogP contribution in [0.15, 0.2) is 18.2 Å². The van der Waals surface area contributed by atoms with E-state index in [0.717, 1.165) is 11.5 Å². The molecule has 2 aromatic rings. The molecule has 0 saturated heterocycles. The first kappa shape index (κ1) is 15.4. The largest absolute Gasteiger partial charge is 0.478 e. The molecule has 0 aliphatic heterocycles. The number of carboxylic acids is 1. The molecule has 0 aliphatic carbocycles. The van der Waals surface area contributed by atoms with Gasteiger partial charge in [0.05, 0.1) is 22.0 Å². The summed E-state index contributed by atoms with van der Waals surface area (Å²) in [5, 5.41) is 15.7. The summed E-state index contributed by atoms with van der Waals surface area (Å²) in [6.07, 6.45) is 0. The number of amides is 1. The Balaban J connectivity index is 2.29. The Hall–Kier alpha value is -1.99. The van der Waals surface area contributed by atoms with E-state index in [1.54, 1.807) is 0 Å². The molecule has 2 rings (SSSR count). The van der Waals surface area contributed by atoms with Gasteiger partial charge in [-0.15, -0.1) is 5.10 Å². The second-order valence-electron chi connectivity index (χ2n) is 4.60. The zero-order chi connectivity index (χ0) is 15.6. The fourth-order valence-corrected chi connectivity index (χ4v) is 2.55. The highest BCUT2D eigenvalue weighted by molar-refractivity contribution is 7.08. The van der Waals surface area contributed by atoms with Crippen LogP contribution in [0.25, 0.3) is 0 Å². The van der Waals surface area contributed by atoms with Gasteiger partial charge in [0.1, 0.15) is 4.88 Å². The van der Waals surface area contributed by atoms with Crippen LogP contribution in [0.4, 0.5) is 5.69 Å². The fourth-order valence-electron chi connectivity index (χ4n) is 1.67. The topological polar surface area (TPSA) is 92.2 Å². The number of hydrogen-bond acceptors (Lipinski definition) is 5. The average molecular weight is 326 g/mol. The van der Waals surface area contributed by atoms with E-state index in [1.165, 1.54) is 18.2 Å². The van der Waals surface area contributed by atoms with Gasteiger partial charge in [0.25, 0.3) is 5.91 Å². The fraction of sp³-hybridized carbons (Fsp3) is 0.231. The molecule has 0 fully saturated rings. The predicted molar refractivity (Wildman–Crippen MR) is 80.4 cm³/mol. The SMILES string of the molecule is CC(C)c1nnsc1C(=O)Nc1cc(C(=O)O)ccc1Cl. The number of carboxylic acid groups (broad SMARTS) is 1. The van der Waals surface area contributed by atoms with Crippen LogP contribution >= 0.6 is 23.1 Å². The van der Waals surface area contributed by atoms with Gasteiger partial charge < -0.3 is 10.4 Å². The predicted octanol–water partition coefficient (Wildman–Crippen LogP) is 3.27. The van der Waals surface area contributed by atoms with Gasteiger partial charge >= 0.3 is 5.97 Å². The Morgan fingerprint density at radius 1 is 1.38 bits per heavy atom. The highest BCUT2D eigenvalue weighted by Crippen LogP contribution is 2.26. The number of halogens is 1. The third-order valence-electron chi connectivity index (χ3n) is 2.73. The van der Waals surface area contributed by atoms with Gasteiger partial charge in [-0.3, -0.25) is 4.79 Å². The van der Waals surface area contributed by atoms with E-state index in [9.17, 15) is 9.59 Å². The molecule has 1 amide bonds. The third-order valence-corrected chi connectivity index (χ3v) is 3.80. The number of carbonyl (C=O) groups is 2. The zero-order valence-electron chi connectivity index (χ0n) is 11.3. The zero-order valence-corrected chi connectivity index (χ0v) is 12.8. The van der Waals surface area contributed by atoms with E-state index in [-0.39, 0.29) is 22.2 Å². The van der Waals surface area contributed by atoms with Crippen LogP contribution in [-0.4, -0.2) is 26.6 Å². The van der Waals surface area contributed by atoms with Crippen LogP contribution in [-0.2, 0) is 0 Å². The first-order valence-electron chi connectivity index (χ1n) is 6.06. The second kappa shape index (κ2) is 6.19. The number of nitrogens with zero attached hydrogens (tertiary/aromatic N) is 2. The van der Waals surface area contributed by atoms with Crippen LogP contribution in [0.5, 0.6) is 0 Å². The number of carbonyl (C=O) groups excluding carboxylic acids is 1. The molecule has 6 nitrogen and oxygen atoms in total. The maximum absolute atomic E-state index is 12.2. The third kappa shape index (κ3) is 3.37. The molecular formula is C13H12ClN3O3S. The van der Waals surface area contributed by atoms with Crippen molar-refractivity contribution in [3.8, 4) is 0 Å². The maximum atomic E-state index is 12.2. The lowest BCUT2D eigenvalue weighted by Crippen LogP contribution is -2.14. The van der Waals surface area contributed by atoms with Crippen LogP contribution < -0.4 is 5.32 Å². The van der Waals surface area contributed by atoms with Gasteiger partial charge in [-0.05, 0) is 35.6 Å². The van der Waals surface area contributed by atoms with Crippen molar-refractivity contribution >= 4 is 40.7 Å². The lowest BCUT2D eigenvalue weighted by molar-refractivity contribution is 0.0696. The van der Waals surface area contributed by atoms with Gasteiger partial charge in [-0.25, -0.2) is 4.79 Å². The lowest BCUT2D eigenvalue weighted by Gasteiger charge is -2.08. The van der Waals surface area contributed by atoms with E-state index in [4.69, 9.17) is 16.7 Å². The molecule has 0 radical (unpaired) electrons. The normalized spacial score (nSPS) is 10.7. The molecule has 21 heavy (non-hydrogen) atoms. The number of aromatic carboxylic acids is 1. The van der Waals surface area contributed by atoms with Crippen molar-refractivity contribution in [1.29, 1.82) is 0 Å². The van der Waals surface area contributed by atoms with Crippen LogP contribution in [0.2, 0.25) is 5.02 Å². The summed E-state index contributed by atoms with van der Waals surface area (Å²) >= 11 is 6.96. The van der Waals surface area contributed by atoms with Crippen LogP contribution in [0, 0.1) is 0 Å². The number of aromatic nitrogens is 2. The number of anilines is 1. The first-order chi connectivity index (χ1) is 9.90. The standard InChI is InChI=1S/C13H12ClN3O3S/c1-6(2)10-11(21-17-16-10)12(18)15-9-5-7(13(19)20)3-4-8(9)14/h3-6H,1-2H3,(H,15,18)(H,19,20). The van der Waals surface area contributed by atoms with Gasteiger partial charge in [-0.2, -0.15) is 0 Å². The van der Waals surface area contributed by atoms with E-state index in [0.29, 0.717) is 10.6 Å². The summed E-state index contributed by atoms with van der Waals surface area (Å²) in [6, 6.07) is 4.11. The molecule has 8 heteroatoms. The summed E-state index contributed by atoms with van der Waals surface area (Å²) in [5.41, 5.74) is 0.883. The highest BCUT2D eigenvalue weighted by Gasteiger charge is 2.20. The van der Waals surface area contributed by atoms with Gasteiger partial charge in [-0.1, -0.05) is 29.9 Å². The van der Waals surface area contributed by atoms with Crippen molar-refractivity contribution in [3.05, 3.63) is 39.4 Å². The van der Waals surface area contributed by atoms with Crippen LogP contribution in [0.3, 0.4) is 0 Å². The Kier molecular flexibility index (Phi) is 4.54. The van der Waals surface area contributed by atoms with E-state index >= 15 is 0 Å². The smallest absolute Gasteiger partial charge is 0.335 e. The first-order valence-corrected chi connectivity index (χ1v) is 7.21. The molecular weight excluding hydrogens is 314 g/mol. The van der Waals surface area contributed by atoms with Gasteiger partial charge in [0, 0.05) is 0 Å². The summed E-state index contributed by atoms with van der Waals surface area (Å²) in [4.78, 5) is 23.6. The summed E-state index contributed by atoms with van der Waals surface area (Å²) in [6.45, 7) is 3.82. The molecule has 2 N–H and O–H groups in total. The number of hydrogen-bond donors (Lipinski definition) is 2. The van der Waals surface area contributed by atoms with E-state index < -0.39 is 11.9 Å². The van der Waals surface area contributed by atoms with Crippen molar-refractivity contribution in [2.24, 2.45) is 0 Å². The maximum Gasteiger partial charge on any atom is 0.335 e. The number of benzene rings is 1. The number of rotatable bonds is 4. The van der Waals surface area contributed by atoms with E-state index in [1.807, 2.05) is 13.8 Å². The Morgan fingerprint density at radius 2 is 2.10 bits per heavy atom. The van der Waals surface area contributed by atoms with Crippen molar-refractivity contribution in [1.82, 2.24) is 9.59 Å². The molecule has 0 saturated carbocycles. The molecule has 1 aromatic carbocycles. The van der Waals surface area contributed by atoms with E-state index in [2.05, 4.69) is 14.9 Å². The molecule has 0 aliphatic rings. The minimum Gasteiger partial charge on any atom is -0.478 e. The Morgan fingerprint density at radius 3 is 2.71 bits per heavy atom. The summed E-state index contributed by atoms with van der Waals surface area (Å²) in [5.74, 6) is -1.44. The summed E-state index contributed by atoms with van der Waals surface area (Å²) < 4.78 is 3.78. The molecule has 0 atom stereocenters. The monoisotopic (exact) mass is 325 g/mol. The minimum absolute atomic E-state index is 0.0428. The molecule has 0 unspecified atom stereocenters. The Labute approximate surface area is 129 Å².